The molecule has 0 radical (unpaired) electrons. The van der Waals surface area contributed by atoms with Gasteiger partial charge in [-0.05, 0) is 66.9 Å². The van der Waals surface area contributed by atoms with Crippen LogP contribution in [0.1, 0.15) is 46.5 Å². The van der Waals surface area contributed by atoms with Crippen molar-refractivity contribution in [2.24, 2.45) is 17.6 Å². The molecule has 2 fully saturated rings. The van der Waals surface area contributed by atoms with Crippen molar-refractivity contribution >= 4 is 23.2 Å². The fourth-order valence-corrected chi connectivity index (χ4v) is 5.42. The number of carbonyl (C=O) groups excluding carboxylic acids is 2. The normalized spacial score (nSPS) is 27.0. The summed E-state index contributed by atoms with van der Waals surface area (Å²) >= 11 is 1.59. The quantitative estimate of drug-likeness (QED) is 0.849. The second kappa shape index (κ2) is 6.48. The van der Waals surface area contributed by atoms with Crippen LogP contribution in [-0.2, 0) is 17.6 Å². The van der Waals surface area contributed by atoms with Gasteiger partial charge in [-0.2, -0.15) is 0 Å². The van der Waals surface area contributed by atoms with E-state index < -0.39 is 0 Å². The van der Waals surface area contributed by atoms with Gasteiger partial charge in [-0.3, -0.25) is 14.5 Å². The third kappa shape index (κ3) is 3.22. The van der Waals surface area contributed by atoms with Crippen LogP contribution in [-0.4, -0.2) is 42.4 Å². The van der Waals surface area contributed by atoms with Gasteiger partial charge in [0.1, 0.15) is 0 Å². The van der Waals surface area contributed by atoms with Gasteiger partial charge >= 0.3 is 0 Å². The predicted octanol–water partition coefficient (Wildman–Crippen LogP) is 1.55. The minimum absolute atomic E-state index is 0.0831. The molecule has 2 aliphatic carbocycles. The lowest BCUT2D eigenvalue weighted by atomic mass is 9.93. The van der Waals surface area contributed by atoms with Crippen LogP contribution in [0.5, 0.6) is 0 Å². The largest absolute Gasteiger partial charge is 0.369 e. The zero-order valence-corrected chi connectivity index (χ0v) is 14.7. The zero-order chi connectivity index (χ0) is 16.7. The fourth-order valence-electron chi connectivity index (χ4n) is 4.36. The second-order valence-electron chi connectivity index (χ2n) is 7.52. The van der Waals surface area contributed by atoms with Crippen LogP contribution in [0.4, 0.5) is 0 Å². The van der Waals surface area contributed by atoms with E-state index in [-0.39, 0.29) is 17.9 Å². The summed E-state index contributed by atoms with van der Waals surface area (Å²) in [5, 5.41) is 5.45. The number of fused-ring (bicyclic) bond motifs is 1. The maximum Gasteiger partial charge on any atom is 0.261 e. The van der Waals surface area contributed by atoms with Gasteiger partial charge in [-0.25, -0.2) is 0 Å². The molecule has 130 valence electrons. The molecule has 6 heteroatoms. The number of nitrogens with zero attached hydrogens (tertiary/aromatic N) is 1. The van der Waals surface area contributed by atoms with Crippen LogP contribution in [0.3, 0.4) is 0 Å². The first kappa shape index (κ1) is 16.1. The fraction of sp³-hybridized carbons (Fsp3) is 0.667. The Kier molecular flexibility index (Phi) is 4.35. The van der Waals surface area contributed by atoms with Gasteiger partial charge in [0.05, 0.1) is 11.4 Å². The Balaban J connectivity index is 1.46. The van der Waals surface area contributed by atoms with Crippen LogP contribution in [0.15, 0.2) is 5.38 Å². The Morgan fingerprint density at radius 1 is 1.25 bits per heavy atom. The minimum Gasteiger partial charge on any atom is -0.369 e. The molecule has 4 rings (SSSR count). The maximum absolute atomic E-state index is 12.8. The van der Waals surface area contributed by atoms with Gasteiger partial charge in [0.2, 0.25) is 5.91 Å². The number of thiophene rings is 1. The molecule has 0 bridgehead atoms. The van der Waals surface area contributed by atoms with E-state index in [0.29, 0.717) is 18.4 Å². The van der Waals surface area contributed by atoms with E-state index in [1.165, 1.54) is 36.8 Å². The first-order valence-corrected chi connectivity index (χ1v) is 9.90. The summed E-state index contributed by atoms with van der Waals surface area (Å²) in [6.07, 6.45) is 7.06. The summed E-state index contributed by atoms with van der Waals surface area (Å²) in [5.74, 6) is 0.957. The molecule has 2 atom stereocenters. The number of aryl methyl sites for hydroxylation is 1. The molecule has 1 saturated carbocycles. The summed E-state index contributed by atoms with van der Waals surface area (Å²) in [6.45, 7) is 1.91. The van der Waals surface area contributed by atoms with Crippen molar-refractivity contribution < 1.29 is 9.59 Å². The van der Waals surface area contributed by atoms with E-state index >= 15 is 0 Å². The molecule has 0 spiro atoms. The van der Waals surface area contributed by atoms with Crippen LogP contribution in [0.25, 0.3) is 0 Å². The molecule has 0 aromatic carbocycles. The lowest BCUT2D eigenvalue weighted by Crippen LogP contribution is -2.41. The Hall–Kier alpha value is -1.40. The first-order chi connectivity index (χ1) is 11.6. The molecule has 1 aliphatic heterocycles. The highest BCUT2D eigenvalue weighted by molar-refractivity contribution is 7.12. The van der Waals surface area contributed by atoms with Gasteiger partial charge in [0.15, 0.2) is 0 Å². The molecule has 1 saturated heterocycles. The van der Waals surface area contributed by atoms with Crippen molar-refractivity contribution in [2.75, 3.05) is 19.6 Å². The average Bonchev–Trinajstić information content (AvgIpc) is 3.18. The highest BCUT2D eigenvalue weighted by Crippen LogP contribution is 2.41. The van der Waals surface area contributed by atoms with E-state index in [1.807, 2.05) is 0 Å². The van der Waals surface area contributed by atoms with Crippen LogP contribution in [0, 0.1) is 11.8 Å². The topological polar surface area (TPSA) is 75.4 Å². The number of nitrogens with one attached hydrogen (secondary N) is 1. The smallest absolute Gasteiger partial charge is 0.261 e. The van der Waals surface area contributed by atoms with E-state index in [9.17, 15) is 9.59 Å². The number of hydrogen-bond acceptors (Lipinski definition) is 4. The number of nitrogens with two attached hydrogens (primary N) is 1. The number of rotatable bonds is 5. The van der Waals surface area contributed by atoms with Crippen molar-refractivity contribution in [2.45, 2.75) is 44.6 Å². The van der Waals surface area contributed by atoms with Crippen LogP contribution in [0.2, 0.25) is 0 Å². The van der Waals surface area contributed by atoms with Crippen molar-refractivity contribution in [3.8, 4) is 0 Å². The van der Waals surface area contributed by atoms with Gasteiger partial charge in [0, 0.05) is 19.1 Å². The molecule has 0 unspecified atom stereocenters. The van der Waals surface area contributed by atoms with Crippen molar-refractivity contribution in [3.05, 3.63) is 21.4 Å². The molecule has 24 heavy (non-hydrogen) atoms. The molecule has 3 N–H and O–H groups in total. The lowest BCUT2D eigenvalue weighted by molar-refractivity contribution is -0.118. The predicted molar refractivity (Wildman–Crippen MR) is 94.1 cm³/mol. The van der Waals surface area contributed by atoms with Crippen molar-refractivity contribution in [1.29, 1.82) is 0 Å². The molecule has 1 aromatic rings. The summed E-state index contributed by atoms with van der Waals surface area (Å²) in [5.41, 5.74) is 7.99. The Morgan fingerprint density at radius 2 is 2.04 bits per heavy atom. The highest BCUT2D eigenvalue weighted by Gasteiger charge is 2.43. The number of amides is 2. The number of carbonyl (C=O) groups is 2. The van der Waals surface area contributed by atoms with E-state index in [4.69, 9.17) is 5.73 Å². The summed E-state index contributed by atoms with van der Waals surface area (Å²) in [6, 6.07) is 0.144. The molecule has 2 heterocycles. The van der Waals surface area contributed by atoms with E-state index in [2.05, 4.69) is 15.6 Å². The lowest BCUT2D eigenvalue weighted by Gasteiger charge is -2.20. The number of hydrogen-bond donors (Lipinski definition) is 2. The van der Waals surface area contributed by atoms with Gasteiger partial charge in [-0.1, -0.05) is 0 Å². The van der Waals surface area contributed by atoms with Crippen LogP contribution >= 0.6 is 11.3 Å². The SMILES string of the molecule is NC(=O)CN1C[C@@H](NC(=O)c2scc3c2CCCC3)[C@H](C2CC2)C1. The highest BCUT2D eigenvalue weighted by atomic mass is 32.1. The van der Waals surface area contributed by atoms with Gasteiger partial charge in [0.25, 0.3) is 5.91 Å². The maximum atomic E-state index is 12.8. The third-order valence-electron chi connectivity index (χ3n) is 5.67. The monoisotopic (exact) mass is 347 g/mol. The minimum atomic E-state index is -0.288. The Morgan fingerprint density at radius 3 is 2.79 bits per heavy atom. The number of primary amides is 1. The zero-order valence-electron chi connectivity index (χ0n) is 13.9. The molecular weight excluding hydrogens is 322 g/mol. The summed E-state index contributed by atoms with van der Waals surface area (Å²) < 4.78 is 0. The van der Waals surface area contributed by atoms with E-state index in [0.717, 1.165) is 30.8 Å². The standard InChI is InChI=1S/C18H25N3O2S/c19-16(22)9-21-7-14(11-5-6-11)15(8-21)20-18(23)17-13-4-2-1-3-12(13)10-24-17/h10-11,14-15H,1-9H2,(H2,19,22)(H,20,23)/t14-,15+/m0/s1. The molecular formula is C18H25N3O2S. The van der Waals surface area contributed by atoms with Gasteiger partial charge in [-0.15, -0.1) is 11.3 Å². The first-order valence-electron chi connectivity index (χ1n) is 9.02. The van der Waals surface area contributed by atoms with E-state index in [1.54, 1.807) is 11.3 Å². The summed E-state index contributed by atoms with van der Waals surface area (Å²) in [7, 11) is 0. The molecule has 3 aliphatic rings. The molecule has 5 nitrogen and oxygen atoms in total. The Labute approximate surface area is 146 Å². The summed E-state index contributed by atoms with van der Waals surface area (Å²) in [4.78, 5) is 27.1. The van der Waals surface area contributed by atoms with Crippen molar-refractivity contribution in [3.63, 3.8) is 0 Å². The van der Waals surface area contributed by atoms with Gasteiger partial charge < -0.3 is 11.1 Å². The molecule has 2 amide bonds. The molecule has 1 aromatic heterocycles. The third-order valence-corrected chi connectivity index (χ3v) is 6.74. The Bertz CT molecular complexity index is 653. The van der Waals surface area contributed by atoms with Crippen LogP contribution < -0.4 is 11.1 Å². The number of likely N-dealkylation sites (tertiary alicyclic amines) is 1. The van der Waals surface area contributed by atoms with Crippen molar-refractivity contribution in [1.82, 2.24) is 10.2 Å². The average molecular weight is 347 g/mol. The second-order valence-corrected chi connectivity index (χ2v) is 8.40.